The zero-order valence-electron chi connectivity index (χ0n) is 8.79. The minimum atomic E-state index is -0.513. The summed E-state index contributed by atoms with van der Waals surface area (Å²) in [6.07, 6.45) is 2.22. The Morgan fingerprint density at radius 2 is 2.27 bits per heavy atom. The Morgan fingerprint density at radius 3 is 2.93 bits per heavy atom. The number of ether oxygens (including phenoxy) is 1. The molecule has 1 atom stereocenters. The Morgan fingerprint density at radius 1 is 1.47 bits per heavy atom. The van der Waals surface area contributed by atoms with Crippen LogP contribution in [0.25, 0.3) is 0 Å². The van der Waals surface area contributed by atoms with Crippen LogP contribution in [0.2, 0.25) is 0 Å². The van der Waals surface area contributed by atoms with Gasteiger partial charge in [-0.1, -0.05) is 6.07 Å². The SMILES string of the molecule is COC1(CO)CCc2ccc(F)cc2C1. The average Bonchev–Trinajstić information content (AvgIpc) is 2.28. The second-order valence-corrected chi connectivity index (χ2v) is 4.14. The highest BCUT2D eigenvalue weighted by molar-refractivity contribution is 5.32. The van der Waals surface area contributed by atoms with Gasteiger partial charge in [-0.05, 0) is 36.1 Å². The molecule has 0 heterocycles. The Kier molecular flexibility index (Phi) is 2.76. The van der Waals surface area contributed by atoms with E-state index in [1.165, 1.54) is 12.1 Å². The third-order valence-corrected chi connectivity index (χ3v) is 3.25. The summed E-state index contributed by atoms with van der Waals surface area (Å²) < 4.78 is 18.4. The van der Waals surface area contributed by atoms with Gasteiger partial charge in [-0.25, -0.2) is 4.39 Å². The normalized spacial score (nSPS) is 25.0. The number of methoxy groups -OCH3 is 1. The van der Waals surface area contributed by atoms with Gasteiger partial charge in [-0.2, -0.15) is 0 Å². The van der Waals surface area contributed by atoms with E-state index in [4.69, 9.17) is 4.74 Å². The molecule has 1 aromatic carbocycles. The fourth-order valence-electron chi connectivity index (χ4n) is 2.17. The number of aryl methyl sites for hydroxylation is 1. The third kappa shape index (κ3) is 1.90. The molecule has 0 saturated heterocycles. The lowest BCUT2D eigenvalue weighted by atomic mass is 9.81. The van der Waals surface area contributed by atoms with Crippen LogP contribution in [0.5, 0.6) is 0 Å². The van der Waals surface area contributed by atoms with Crippen molar-refractivity contribution in [2.24, 2.45) is 0 Å². The van der Waals surface area contributed by atoms with Gasteiger partial charge in [0, 0.05) is 13.5 Å². The van der Waals surface area contributed by atoms with Crippen LogP contribution in [0.1, 0.15) is 17.5 Å². The van der Waals surface area contributed by atoms with E-state index in [1.807, 2.05) is 6.07 Å². The van der Waals surface area contributed by atoms with E-state index in [9.17, 15) is 9.50 Å². The topological polar surface area (TPSA) is 29.5 Å². The molecule has 0 spiro atoms. The van der Waals surface area contributed by atoms with Crippen LogP contribution in [0.3, 0.4) is 0 Å². The maximum Gasteiger partial charge on any atom is 0.123 e. The minimum Gasteiger partial charge on any atom is -0.393 e. The van der Waals surface area contributed by atoms with Gasteiger partial charge in [0.1, 0.15) is 5.82 Å². The van der Waals surface area contributed by atoms with Crippen molar-refractivity contribution in [2.75, 3.05) is 13.7 Å². The zero-order valence-corrected chi connectivity index (χ0v) is 8.79. The molecule has 0 fully saturated rings. The fraction of sp³-hybridized carbons (Fsp3) is 0.500. The molecule has 2 rings (SSSR count). The Bertz CT molecular complexity index is 359. The van der Waals surface area contributed by atoms with Gasteiger partial charge in [0.25, 0.3) is 0 Å². The van der Waals surface area contributed by atoms with Crippen molar-refractivity contribution in [1.29, 1.82) is 0 Å². The van der Waals surface area contributed by atoms with Crippen LogP contribution in [-0.4, -0.2) is 24.4 Å². The summed E-state index contributed by atoms with van der Waals surface area (Å²) >= 11 is 0. The molecule has 0 aromatic heterocycles. The van der Waals surface area contributed by atoms with Crippen LogP contribution in [0.15, 0.2) is 18.2 Å². The van der Waals surface area contributed by atoms with Gasteiger partial charge in [0.05, 0.1) is 12.2 Å². The van der Waals surface area contributed by atoms with E-state index in [0.29, 0.717) is 6.42 Å². The molecule has 1 unspecified atom stereocenters. The van der Waals surface area contributed by atoms with Crippen molar-refractivity contribution in [3.63, 3.8) is 0 Å². The quantitative estimate of drug-likeness (QED) is 0.805. The number of hydrogen-bond donors (Lipinski definition) is 1. The molecule has 1 aliphatic carbocycles. The highest BCUT2D eigenvalue weighted by atomic mass is 19.1. The molecule has 1 N–H and O–H groups in total. The smallest absolute Gasteiger partial charge is 0.123 e. The molecular formula is C12H15FO2. The molecule has 1 aliphatic rings. The van der Waals surface area contributed by atoms with E-state index in [0.717, 1.165) is 24.0 Å². The molecule has 3 heteroatoms. The van der Waals surface area contributed by atoms with Gasteiger partial charge in [-0.3, -0.25) is 0 Å². The number of aliphatic hydroxyl groups excluding tert-OH is 1. The standard InChI is InChI=1S/C12H15FO2/c1-15-12(8-14)5-4-9-2-3-11(13)6-10(9)7-12/h2-3,6,14H,4-5,7-8H2,1H3. The summed E-state index contributed by atoms with van der Waals surface area (Å²) in [5, 5.41) is 9.32. The molecule has 1 aromatic rings. The molecule has 0 radical (unpaired) electrons. The highest BCUT2D eigenvalue weighted by Crippen LogP contribution is 2.31. The average molecular weight is 210 g/mol. The van der Waals surface area contributed by atoms with E-state index in [-0.39, 0.29) is 12.4 Å². The molecule has 2 nitrogen and oxygen atoms in total. The maximum atomic E-state index is 13.1. The van der Waals surface area contributed by atoms with Crippen LogP contribution in [-0.2, 0) is 17.6 Å². The Labute approximate surface area is 88.7 Å². The molecule has 0 bridgehead atoms. The first-order valence-electron chi connectivity index (χ1n) is 5.12. The molecule has 0 saturated carbocycles. The number of hydrogen-bond acceptors (Lipinski definition) is 2. The lowest BCUT2D eigenvalue weighted by Crippen LogP contribution is -2.41. The van der Waals surface area contributed by atoms with Crippen molar-refractivity contribution < 1.29 is 14.2 Å². The summed E-state index contributed by atoms with van der Waals surface area (Å²) in [5.74, 6) is -0.224. The fourth-order valence-corrected chi connectivity index (χ4v) is 2.17. The van der Waals surface area contributed by atoms with Gasteiger partial charge in [0.15, 0.2) is 0 Å². The molecule has 0 amide bonds. The van der Waals surface area contributed by atoms with Crippen LogP contribution in [0.4, 0.5) is 4.39 Å². The van der Waals surface area contributed by atoms with E-state index < -0.39 is 5.60 Å². The van der Waals surface area contributed by atoms with Crippen LogP contribution < -0.4 is 0 Å². The monoisotopic (exact) mass is 210 g/mol. The van der Waals surface area contributed by atoms with Crippen molar-refractivity contribution >= 4 is 0 Å². The Hall–Kier alpha value is -0.930. The zero-order chi connectivity index (χ0) is 10.9. The second kappa shape index (κ2) is 3.91. The number of halogens is 1. The van der Waals surface area contributed by atoms with Gasteiger partial charge >= 0.3 is 0 Å². The predicted octanol–water partition coefficient (Wildman–Crippen LogP) is 1.69. The predicted molar refractivity (Wildman–Crippen MR) is 55.3 cm³/mol. The summed E-state index contributed by atoms with van der Waals surface area (Å²) in [5.41, 5.74) is 1.61. The summed E-state index contributed by atoms with van der Waals surface area (Å²) in [7, 11) is 1.60. The summed E-state index contributed by atoms with van der Waals surface area (Å²) in [4.78, 5) is 0. The molecule has 82 valence electrons. The van der Waals surface area contributed by atoms with Crippen molar-refractivity contribution in [3.8, 4) is 0 Å². The first-order valence-corrected chi connectivity index (χ1v) is 5.12. The van der Waals surface area contributed by atoms with E-state index in [1.54, 1.807) is 7.11 Å². The number of rotatable bonds is 2. The summed E-state index contributed by atoms with van der Waals surface area (Å²) in [6, 6.07) is 4.84. The maximum absolute atomic E-state index is 13.1. The molecular weight excluding hydrogens is 195 g/mol. The van der Waals surface area contributed by atoms with Crippen molar-refractivity contribution in [1.82, 2.24) is 0 Å². The van der Waals surface area contributed by atoms with Crippen LogP contribution >= 0.6 is 0 Å². The van der Waals surface area contributed by atoms with Crippen molar-refractivity contribution in [3.05, 3.63) is 35.1 Å². The first kappa shape index (κ1) is 10.6. The third-order valence-electron chi connectivity index (χ3n) is 3.25. The van der Waals surface area contributed by atoms with E-state index >= 15 is 0 Å². The first-order chi connectivity index (χ1) is 7.19. The van der Waals surface area contributed by atoms with Crippen molar-refractivity contribution in [2.45, 2.75) is 24.9 Å². The molecule has 0 aliphatic heterocycles. The van der Waals surface area contributed by atoms with Gasteiger partial charge in [0.2, 0.25) is 0 Å². The highest BCUT2D eigenvalue weighted by Gasteiger charge is 2.33. The largest absolute Gasteiger partial charge is 0.393 e. The minimum absolute atomic E-state index is 0.0144. The molecule has 15 heavy (non-hydrogen) atoms. The van der Waals surface area contributed by atoms with Gasteiger partial charge < -0.3 is 9.84 Å². The number of benzene rings is 1. The Balaban J connectivity index is 2.32. The van der Waals surface area contributed by atoms with Gasteiger partial charge in [-0.15, -0.1) is 0 Å². The number of aliphatic hydroxyl groups is 1. The second-order valence-electron chi connectivity index (χ2n) is 4.14. The number of fused-ring (bicyclic) bond motifs is 1. The van der Waals surface area contributed by atoms with Crippen LogP contribution in [0, 0.1) is 5.82 Å². The lowest BCUT2D eigenvalue weighted by molar-refractivity contribution is -0.0607. The van der Waals surface area contributed by atoms with E-state index in [2.05, 4.69) is 0 Å². The summed E-state index contributed by atoms with van der Waals surface area (Å²) in [6.45, 7) is -0.0144. The lowest BCUT2D eigenvalue weighted by Gasteiger charge is -2.35.